The second kappa shape index (κ2) is 11.6. The highest BCUT2D eigenvalue weighted by molar-refractivity contribution is 6.01. The average Bonchev–Trinajstić information content (AvgIpc) is 2.82. The summed E-state index contributed by atoms with van der Waals surface area (Å²) in [5, 5.41) is 2.75. The van der Waals surface area contributed by atoms with Crippen molar-refractivity contribution in [2.75, 3.05) is 18.4 Å². The zero-order valence-corrected chi connectivity index (χ0v) is 18.6. The Morgan fingerprint density at radius 3 is 2.48 bits per heavy atom. The first-order chi connectivity index (χ1) is 16.0. The number of halogens is 1. The van der Waals surface area contributed by atoms with E-state index in [0.717, 1.165) is 5.56 Å². The molecule has 0 atom stereocenters. The molecule has 2 amide bonds. The van der Waals surface area contributed by atoms with E-state index in [4.69, 9.17) is 4.74 Å². The van der Waals surface area contributed by atoms with Crippen LogP contribution in [0.25, 0.3) is 6.08 Å². The maximum absolute atomic E-state index is 14.3. The summed E-state index contributed by atoms with van der Waals surface area (Å²) in [7, 11) is 0. The highest BCUT2D eigenvalue weighted by Gasteiger charge is 2.10. The first-order valence-electron chi connectivity index (χ1n) is 10.7. The Morgan fingerprint density at radius 1 is 1.09 bits per heavy atom. The van der Waals surface area contributed by atoms with E-state index in [1.165, 1.54) is 30.5 Å². The molecular weight excluding hydrogens is 421 g/mol. The third kappa shape index (κ3) is 7.00. The molecule has 0 saturated carbocycles. The van der Waals surface area contributed by atoms with Gasteiger partial charge < -0.3 is 15.0 Å². The molecule has 33 heavy (non-hydrogen) atoms. The van der Waals surface area contributed by atoms with Crippen LogP contribution in [0.3, 0.4) is 0 Å². The summed E-state index contributed by atoms with van der Waals surface area (Å²) >= 11 is 0. The number of nitrogens with zero attached hydrogens (tertiary/aromatic N) is 2. The lowest BCUT2D eigenvalue weighted by Gasteiger charge is -2.18. The van der Waals surface area contributed by atoms with Crippen LogP contribution in [0.5, 0.6) is 11.5 Å². The minimum Gasteiger partial charge on any atom is -0.453 e. The third-order valence-corrected chi connectivity index (χ3v) is 4.94. The molecule has 6 nitrogen and oxygen atoms in total. The molecule has 170 valence electrons. The Labute approximate surface area is 192 Å². The first kappa shape index (κ1) is 23.7. The van der Waals surface area contributed by atoms with Gasteiger partial charge in [-0.2, -0.15) is 0 Å². The zero-order valence-electron chi connectivity index (χ0n) is 18.6. The number of carbonyl (C=O) groups is 2. The number of hydrogen-bond acceptors (Lipinski definition) is 4. The van der Waals surface area contributed by atoms with Crippen molar-refractivity contribution in [3.63, 3.8) is 0 Å². The molecular formula is C26H26FN3O3. The molecule has 0 spiro atoms. The molecule has 3 rings (SSSR count). The number of nitrogens with one attached hydrogen (secondary N) is 1. The van der Waals surface area contributed by atoms with E-state index < -0.39 is 5.82 Å². The van der Waals surface area contributed by atoms with Crippen LogP contribution >= 0.6 is 0 Å². The fourth-order valence-electron chi connectivity index (χ4n) is 3.16. The largest absolute Gasteiger partial charge is 0.453 e. The molecule has 0 radical (unpaired) electrons. The van der Waals surface area contributed by atoms with Gasteiger partial charge in [0.15, 0.2) is 11.6 Å². The fourth-order valence-corrected chi connectivity index (χ4v) is 3.16. The molecule has 0 bridgehead atoms. The monoisotopic (exact) mass is 447 g/mol. The molecule has 3 aromatic rings. The van der Waals surface area contributed by atoms with Gasteiger partial charge in [0.25, 0.3) is 0 Å². The first-order valence-corrected chi connectivity index (χ1v) is 10.7. The molecule has 0 fully saturated rings. The molecule has 1 N–H and O–H groups in total. The minimum atomic E-state index is -0.545. The molecule has 1 aromatic heterocycles. The van der Waals surface area contributed by atoms with Gasteiger partial charge >= 0.3 is 0 Å². The molecule has 0 aliphatic heterocycles. The predicted molar refractivity (Wildman–Crippen MR) is 126 cm³/mol. The summed E-state index contributed by atoms with van der Waals surface area (Å²) in [5.41, 5.74) is 2.01. The normalized spacial score (nSPS) is 10.8. The van der Waals surface area contributed by atoms with E-state index >= 15 is 0 Å². The number of amides is 2. The van der Waals surface area contributed by atoms with Crippen molar-refractivity contribution in [2.24, 2.45) is 0 Å². The van der Waals surface area contributed by atoms with Gasteiger partial charge in [0.05, 0.1) is 12.6 Å². The van der Waals surface area contributed by atoms with E-state index in [2.05, 4.69) is 10.3 Å². The van der Waals surface area contributed by atoms with Crippen molar-refractivity contribution in [1.29, 1.82) is 0 Å². The van der Waals surface area contributed by atoms with Crippen LogP contribution in [0.4, 0.5) is 10.1 Å². The molecule has 0 aliphatic rings. The summed E-state index contributed by atoms with van der Waals surface area (Å²) in [5.74, 6) is -0.315. The van der Waals surface area contributed by atoms with Gasteiger partial charge in [-0.3, -0.25) is 14.6 Å². The number of carbonyl (C=O) groups excluding carboxylic acids is 2. The van der Waals surface area contributed by atoms with Crippen LogP contribution in [-0.4, -0.2) is 34.8 Å². The van der Waals surface area contributed by atoms with Crippen LogP contribution < -0.4 is 10.1 Å². The maximum atomic E-state index is 14.3. The van der Waals surface area contributed by atoms with E-state index in [0.29, 0.717) is 36.5 Å². The molecule has 0 aliphatic carbocycles. The Hall–Kier alpha value is -4.00. The van der Waals surface area contributed by atoms with Crippen LogP contribution in [0, 0.1) is 5.82 Å². The predicted octanol–water partition coefficient (Wildman–Crippen LogP) is 5.08. The van der Waals surface area contributed by atoms with Gasteiger partial charge in [0, 0.05) is 31.0 Å². The maximum Gasteiger partial charge on any atom is 0.248 e. The van der Waals surface area contributed by atoms with Crippen molar-refractivity contribution in [3.05, 3.63) is 90.0 Å². The van der Waals surface area contributed by atoms with Gasteiger partial charge in [-0.1, -0.05) is 18.2 Å². The van der Waals surface area contributed by atoms with Crippen molar-refractivity contribution < 1.29 is 18.7 Å². The van der Waals surface area contributed by atoms with Crippen LogP contribution in [-0.2, 0) is 16.0 Å². The van der Waals surface area contributed by atoms with E-state index in [1.54, 1.807) is 41.4 Å². The number of rotatable bonds is 9. The second-order valence-electron chi connectivity index (χ2n) is 7.24. The van der Waals surface area contributed by atoms with Gasteiger partial charge in [0.1, 0.15) is 5.75 Å². The highest BCUT2D eigenvalue weighted by atomic mass is 19.1. The fraction of sp³-hybridized carbons (Fsp3) is 0.192. The van der Waals surface area contributed by atoms with Crippen LogP contribution in [0.1, 0.15) is 25.0 Å². The number of anilines is 1. The Balaban J connectivity index is 1.55. The van der Waals surface area contributed by atoms with Crippen molar-refractivity contribution in [1.82, 2.24) is 9.88 Å². The second-order valence-corrected chi connectivity index (χ2v) is 7.24. The lowest BCUT2D eigenvalue weighted by Crippen LogP contribution is -2.31. The van der Waals surface area contributed by atoms with Crippen LogP contribution in [0.15, 0.2) is 73.1 Å². The zero-order chi connectivity index (χ0) is 23.6. The number of likely N-dealkylation sites (N-methyl/N-ethyl adjacent to an activating group) is 1. The average molecular weight is 448 g/mol. The SMILES string of the molecule is CCN(CC)C(=O)Cc1ccc(NC(=O)/C=C/c2ccc(Oc3cccnc3)c(F)c2)cc1. The molecule has 0 unspecified atom stereocenters. The number of hydrogen-bond donors (Lipinski definition) is 1. The summed E-state index contributed by atoms with van der Waals surface area (Å²) in [6.45, 7) is 5.26. The number of benzene rings is 2. The lowest BCUT2D eigenvalue weighted by molar-refractivity contribution is -0.130. The molecule has 7 heteroatoms. The molecule has 1 heterocycles. The standard InChI is InChI=1S/C26H26FN3O3/c1-3-30(4-2)26(32)17-20-7-11-21(12-8-20)29-25(31)14-10-19-9-13-24(23(27)16-19)33-22-6-5-15-28-18-22/h5-16,18H,3-4,17H2,1-2H3,(H,29,31)/b14-10+. The van der Waals surface area contributed by atoms with Crippen molar-refractivity contribution >= 4 is 23.6 Å². The summed E-state index contributed by atoms with van der Waals surface area (Å²) in [6, 6.07) is 15.0. The van der Waals surface area contributed by atoms with Gasteiger partial charge in [-0.25, -0.2) is 4.39 Å². The smallest absolute Gasteiger partial charge is 0.248 e. The molecule has 2 aromatic carbocycles. The number of ether oxygens (including phenoxy) is 1. The Kier molecular flexibility index (Phi) is 8.30. The van der Waals surface area contributed by atoms with Crippen molar-refractivity contribution in [3.8, 4) is 11.5 Å². The summed E-state index contributed by atoms with van der Waals surface area (Å²) in [4.78, 5) is 30.1. The van der Waals surface area contributed by atoms with Gasteiger partial charge in [-0.05, 0) is 67.4 Å². The van der Waals surface area contributed by atoms with Gasteiger partial charge in [0.2, 0.25) is 11.8 Å². The number of pyridine rings is 1. The Bertz CT molecular complexity index is 1110. The summed E-state index contributed by atoms with van der Waals surface area (Å²) < 4.78 is 19.8. The van der Waals surface area contributed by atoms with E-state index in [1.807, 2.05) is 26.0 Å². The van der Waals surface area contributed by atoms with E-state index in [-0.39, 0.29) is 17.6 Å². The van der Waals surface area contributed by atoms with Gasteiger partial charge in [-0.15, -0.1) is 0 Å². The lowest BCUT2D eigenvalue weighted by atomic mass is 10.1. The van der Waals surface area contributed by atoms with Crippen molar-refractivity contribution in [2.45, 2.75) is 20.3 Å². The topological polar surface area (TPSA) is 71.5 Å². The Morgan fingerprint density at radius 2 is 1.85 bits per heavy atom. The molecule has 0 saturated heterocycles. The number of aromatic nitrogens is 1. The minimum absolute atomic E-state index is 0.0730. The summed E-state index contributed by atoms with van der Waals surface area (Å²) in [6.07, 6.45) is 6.26. The van der Waals surface area contributed by atoms with Crippen LogP contribution in [0.2, 0.25) is 0 Å². The quantitative estimate of drug-likeness (QED) is 0.465. The highest BCUT2D eigenvalue weighted by Crippen LogP contribution is 2.24. The third-order valence-electron chi connectivity index (χ3n) is 4.94. The van der Waals surface area contributed by atoms with E-state index in [9.17, 15) is 14.0 Å².